The highest BCUT2D eigenvalue weighted by molar-refractivity contribution is 6.30. The van der Waals surface area contributed by atoms with Crippen LogP contribution >= 0.6 is 11.6 Å². The Morgan fingerprint density at radius 1 is 1.11 bits per heavy atom. The maximum atomic E-state index is 13.3. The number of hydrogen-bond acceptors (Lipinski definition) is 2. The van der Waals surface area contributed by atoms with Gasteiger partial charge in [-0.25, -0.2) is 4.39 Å². The number of ether oxygens (including phenoxy) is 1. The van der Waals surface area contributed by atoms with Crippen LogP contribution in [0.15, 0.2) is 48.5 Å². The molecule has 0 aliphatic carbocycles. The minimum Gasteiger partial charge on any atom is -0.369 e. The fraction of sp³-hybridized carbons (Fsp3) is 0.133. The second kappa shape index (κ2) is 6.45. The van der Waals surface area contributed by atoms with Crippen LogP contribution in [0, 0.1) is 5.82 Å². The highest BCUT2D eigenvalue weighted by atomic mass is 35.5. The van der Waals surface area contributed by atoms with E-state index in [9.17, 15) is 9.18 Å². The summed E-state index contributed by atoms with van der Waals surface area (Å²) in [4.78, 5) is 11.7. The SMILES string of the molecule is O=C(COCc1ccc(Cl)cc1)c1ccccc1F. The maximum Gasteiger partial charge on any atom is 0.191 e. The zero-order chi connectivity index (χ0) is 13.7. The second-order valence-electron chi connectivity index (χ2n) is 4.02. The topological polar surface area (TPSA) is 26.3 Å². The van der Waals surface area contributed by atoms with Gasteiger partial charge in [-0.15, -0.1) is 0 Å². The molecule has 2 aromatic carbocycles. The number of halogens is 2. The van der Waals surface area contributed by atoms with Crippen LogP contribution in [-0.4, -0.2) is 12.4 Å². The molecule has 0 N–H and O–H groups in total. The molecule has 0 heterocycles. The Bertz CT molecular complexity index is 567. The highest BCUT2D eigenvalue weighted by Gasteiger charge is 2.10. The van der Waals surface area contributed by atoms with Crippen molar-refractivity contribution in [1.29, 1.82) is 0 Å². The summed E-state index contributed by atoms with van der Waals surface area (Å²) in [5.41, 5.74) is 0.962. The lowest BCUT2D eigenvalue weighted by atomic mass is 10.1. The molecule has 2 nitrogen and oxygen atoms in total. The van der Waals surface area contributed by atoms with Crippen molar-refractivity contribution >= 4 is 17.4 Å². The highest BCUT2D eigenvalue weighted by Crippen LogP contribution is 2.11. The number of hydrogen-bond donors (Lipinski definition) is 0. The van der Waals surface area contributed by atoms with E-state index in [0.717, 1.165) is 5.56 Å². The van der Waals surface area contributed by atoms with E-state index in [1.165, 1.54) is 12.1 Å². The number of ketones is 1. The largest absolute Gasteiger partial charge is 0.369 e. The van der Waals surface area contributed by atoms with Crippen LogP contribution in [0.2, 0.25) is 5.02 Å². The van der Waals surface area contributed by atoms with Crippen molar-refractivity contribution in [1.82, 2.24) is 0 Å². The molecule has 0 saturated heterocycles. The first-order valence-corrected chi connectivity index (χ1v) is 6.14. The zero-order valence-electron chi connectivity index (χ0n) is 10.1. The van der Waals surface area contributed by atoms with E-state index in [0.29, 0.717) is 5.02 Å². The molecular formula is C15H12ClFO2. The minimum absolute atomic E-state index is 0.0543. The lowest BCUT2D eigenvalue weighted by molar-refractivity contribution is 0.0722. The van der Waals surface area contributed by atoms with Crippen LogP contribution in [0.25, 0.3) is 0 Å². The van der Waals surface area contributed by atoms with Gasteiger partial charge in [-0.3, -0.25) is 4.79 Å². The van der Waals surface area contributed by atoms with Gasteiger partial charge in [-0.2, -0.15) is 0 Å². The molecule has 0 radical (unpaired) electrons. The third kappa shape index (κ3) is 3.88. The minimum atomic E-state index is -0.525. The molecule has 0 fully saturated rings. The summed E-state index contributed by atoms with van der Waals surface area (Å²) in [7, 11) is 0. The van der Waals surface area contributed by atoms with E-state index in [-0.39, 0.29) is 24.6 Å². The van der Waals surface area contributed by atoms with Crippen LogP contribution in [0.4, 0.5) is 4.39 Å². The maximum absolute atomic E-state index is 13.3. The Hall–Kier alpha value is -1.71. The zero-order valence-corrected chi connectivity index (χ0v) is 10.9. The number of Topliss-reactive ketones (excluding diaryl/α,β-unsaturated/α-hetero) is 1. The van der Waals surface area contributed by atoms with Crippen molar-refractivity contribution in [2.24, 2.45) is 0 Å². The summed E-state index contributed by atoms with van der Waals surface area (Å²) in [6.07, 6.45) is 0. The van der Waals surface area contributed by atoms with E-state index in [2.05, 4.69) is 0 Å². The lowest BCUT2D eigenvalue weighted by Gasteiger charge is -2.05. The summed E-state index contributed by atoms with van der Waals surface area (Å²) < 4.78 is 18.6. The molecule has 0 amide bonds. The molecule has 2 aromatic rings. The molecule has 98 valence electrons. The van der Waals surface area contributed by atoms with Crippen molar-refractivity contribution in [2.45, 2.75) is 6.61 Å². The van der Waals surface area contributed by atoms with Gasteiger partial charge >= 0.3 is 0 Å². The average Bonchev–Trinajstić information content (AvgIpc) is 2.41. The Kier molecular flexibility index (Phi) is 4.66. The molecular weight excluding hydrogens is 267 g/mol. The molecule has 0 bridgehead atoms. The number of rotatable bonds is 5. The van der Waals surface area contributed by atoms with Gasteiger partial charge in [0.05, 0.1) is 12.2 Å². The molecule has 0 unspecified atom stereocenters. The van der Waals surface area contributed by atoms with Crippen LogP contribution in [0.5, 0.6) is 0 Å². The van der Waals surface area contributed by atoms with Gasteiger partial charge in [0, 0.05) is 5.02 Å². The molecule has 0 spiro atoms. The molecule has 0 aliphatic heterocycles. The fourth-order valence-corrected chi connectivity index (χ4v) is 1.73. The average molecular weight is 279 g/mol. The molecule has 4 heteroatoms. The second-order valence-corrected chi connectivity index (χ2v) is 4.46. The van der Waals surface area contributed by atoms with Gasteiger partial charge in [-0.05, 0) is 29.8 Å². The van der Waals surface area contributed by atoms with E-state index in [1.54, 1.807) is 24.3 Å². The van der Waals surface area contributed by atoms with Gasteiger partial charge < -0.3 is 4.74 Å². The molecule has 0 saturated carbocycles. The van der Waals surface area contributed by atoms with Gasteiger partial charge in [0.15, 0.2) is 5.78 Å². The van der Waals surface area contributed by atoms with Crippen molar-refractivity contribution in [3.8, 4) is 0 Å². The first-order chi connectivity index (χ1) is 9.16. The van der Waals surface area contributed by atoms with Crippen LogP contribution in [-0.2, 0) is 11.3 Å². The first kappa shape index (κ1) is 13.7. The Labute approximate surface area is 115 Å². The summed E-state index contributed by atoms with van der Waals surface area (Å²) in [6, 6.07) is 13.0. The Morgan fingerprint density at radius 2 is 1.79 bits per heavy atom. The van der Waals surface area contributed by atoms with Crippen LogP contribution in [0.1, 0.15) is 15.9 Å². The normalized spacial score (nSPS) is 10.4. The smallest absolute Gasteiger partial charge is 0.191 e. The van der Waals surface area contributed by atoms with E-state index < -0.39 is 5.82 Å². The summed E-state index contributed by atoms with van der Waals surface area (Å²) in [5, 5.41) is 0.645. The number of benzene rings is 2. The van der Waals surface area contributed by atoms with Gasteiger partial charge in [0.25, 0.3) is 0 Å². The third-order valence-corrected chi connectivity index (χ3v) is 2.84. The van der Waals surface area contributed by atoms with Gasteiger partial charge in [0.2, 0.25) is 0 Å². The van der Waals surface area contributed by atoms with Crippen molar-refractivity contribution < 1.29 is 13.9 Å². The standard InChI is InChI=1S/C15H12ClFO2/c16-12-7-5-11(6-8-12)9-19-10-15(18)13-3-1-2-4-14(13)17/h1-8H,9-10H2. The molecule has 0 aliphatic rings. The summed E-state index contributed by atoms with van der Waals surface area (Å²) in [6.45, 7) is 0.140. The predicted molar refractivity (Wildman–Crippen MR) is 71.8 cm³/mol. The number of carbonyl (C=O) groups is 1. The number of carbonyl (C=O) groups excluding carboxylic acids is 1. The summed E-state index contributed by atoms with van der Waals surface area (Å²) in [5.74, 6) is -0.894. The Balaban J connectivity index is 1.88. The van der Waals surface area contributed by atoms with Crippen molar-refractivity contribution in [3.05, 3.63) is 70.5 Å². The quantitative estimate of drug-likeness (QED) is 0.776. The van der Waals surface area contributed by atoms with Gasteiger partial charge in [0.1, 0.15) is 12.4 Å². The van der Waals surface area contributed by atoms with Gasteiger partial charge in [-0.1, -0.05) is 35.9 Å². The van der Waals surface area contributed by atoms with E-state index in [4.69, 9.17) is 16.3 Å². The predicted octanol–water partition coefficient (Wildman–Crippen LogP) is 3.88. The van der Waals surface area contributed by atoms with Crippen LogP contribution in [0.3, 0.4) is 0 Å². The monoisotopic (exact) mass is 278 g/mol. The molecule has 2 rings (SSSR count). The van der Waals surface area contributed by atoms with Crippen LogP contribution < -0.4 is 0 Å². The molecule has 19 heavy (non-hydrogen) atoms. The van der Waals surface area contributed by atoms with E-state index >= 15 is 0 Å². The third-order valence-electron chi connectivity index (χ3n) is 2.59. The first-order valence-electron chi connectivity index (χ1n) is 5.77. The van der Waals surface area contributed by atoms with E-state index in [1.807, 2.05) is 12.1 Å². The Morgan fingerprint density at radius 3 is 2.47 bits per heavy atom. The lowest BCUT2D eigenvalue weighted by Crippen LogP contribution is -2.10. The molecule has 0 atom stereocenters. The summed E-state index contributed by atoms with van der Waals surface area (Å²) >= 11 is 5.76. The van der Waals surface area contributed by atoms with Crippen molar-refractivity contribution in [2.75, 3.05) is 6.61 Å². The molecule has 0 aromatic heterocycles. The fourth-order valence-electron chi connectivity index (χ4n) is 1.61. The van der Waals surface area contributed by atoms with Crippen molar-refractivity contribution in [3.63, 3.8) is 0 Å².